The molecule has 122 valence electrons. The fraction of sp³-hybridized carbons (Fsp3) is 0.789. The zero-order valence-electron chi connectivity index (χ0n) is 13.7. The molecule has 2 amide bonds. The van der Waals surface area contributed by atoms with Gasteiger partial charge in [-0.2, -0.15) is 0 Å². The first-order valence-corrected chi connectivity index (χ1v) is 9.21. The molecule has 0 aromatic carbocycles. The third-order valence-electron chi connectivity index (χ3n) is 5.98. The first kappa shape index (κ1) is 15.8. The number of imide groups is 1. The molecular formula is C19H29NO2. The van der Waals surface area contributed by atoms with Crippen LogP contribution in [0, 0.1) is 11.8 Å². The van der Waals surface area contributed by atoms with Crippen LogP contribution in [0.15, 0.2) is 12.2 Å². The van der Waals surface area contributed by atoms with Crippen LogP contribution in [0.25, 0.3) is 0 Å². The van der Waals surface area contributed by atoms with Crippen LogP contribution in [-0.4, -0.2) is 22.8 Å². The van der Waals surface area contributed by atoms with Gasteiger partial charge in [-0.25, -0.2) is 0 Å². The van der Waals surface area contributed by atoms with Crippen molar-refractivity contribution in [3.63, 3.8) is 0 Å². The average Bonchev–Trinajstić information content (AvgIpc) is 2.80. The predicted molar refractivity (Wildman–Crippen MR) is 87.2 cm³/mol. The fourth-order valence-corrected chi connectivity index (χ4v) is 4.75. The second-order valence-electron chi connectivity index (χ2n) is 7.55. The molecule has 2 aliphatic carbocycles. The zero-order valence-corrected chi connectivity index (χ0v) is 13.7. The van der Waals surface area contributed by atoms with Gasteiger partial charge in [0.1, 0.15) is 0 Å². The molecule has 3 nitrogen and oxygen atoms in total. The molecular weight excluding hydrogens is 274 g/mol. The molecule has 3 aliphatic rings. The third kappa shape index (κ3) is 3.28. The number of rotatable bonds is 4. The van der Waals surface area contributed by atoms with Gasteiger partial charge >= 0.3 is 0 Å². The highest BCUT2D eigenvalue weighted by Gasteiger charge is 2.41. The first-order chi connectivity index (χ1) is 10.7. The maximum Gasteiger partial charge on any atom is 0.256 e. The first-order valence-electron chi connectivity index (χ1n) is 9.21. The number of carbonyl (C=O) groups excluding carboxylic acids is 2. The lowest BCUT2D eigenvalue weighted by Crippen LogP contribution is -2.46. The Morgan fingerprint density at radius 1 is 0.955 bits per heavy atom. The standard InChI is InChI=1S/C19H29NO2/c1-14-12-18(21)20(19(14)22)17(16-10-6-3-7-11-16)13-15-8-4-2-5-9-15/h15-17H,1-13H2/t17-/m0/s1. The summed E-state index contributed by atoms with van der Waals surface area (Å²) in [5.74, 6) is 1.14. The van der Waals surface area contributed by atoms with Gasteiger partial charge in [0.15, 0.2) is 0 Å². The van der Waals surface area contributed by atoms with Crippen LogP contribution in [0.2, 0.25) is 0 Å². The SMILES string of the molecule is C=C1CC(=O)N([C@@H](CC2CCCCC2)C2CCCCC2)C1=O. The smallest absolute Gasteiger partial charge is 0.256 e. The Morgan fingerprint density at radius 2 is 1.55 bits per heavy atom. The van der Waals surface area contributed by atoms with Crippen molar-refractivity contribution in [2.24, 2.45) is 11.8 Å². The van der Waals surface area contributed by atoms with Crippen molar-refractivity contribution in [2.45, 2.75) is 83.1 Å². The monoisotopic (exact) mass is 303 g/mol. The average molecular weight is 303 g/mol. The van der Waals surface area contributed by atoms with Crippen molar-refractivity contribution >= 4 is 11.8 Å². The van der Waals surface area contributed by atoms with E-state index in [9.17, 15) is 9.59 Å². The lowest BCUT2D eigenvalue weighted by molar-refractivity contribution is -0.142. The van der Waals surface area contributed by atoms with Crippen LogP contribution < -0.4 is 0 Å². The number of likely N-dealkylation sites (tertiary alicyclic amines) is 1. The topological polar surface area (TPSA) is 37.4 Å². The Morgan fingerprint density at radius 3 is 2.09 bits per heavy atom. The molecule has 0 bridgehead atoms. The molecule has 3 fully saturated rings. The van der Waals surface area contributed by atoms with Crippen LogP contribution in [0.4, 0.5) is 0 Å². The van der Waals surface area contributed by atoms with Crippen molar-refractivity contribution < 1.29 is 9.59 Å². The van der Waals surface area contributed by atoms with E-state index >= 15 is 0 Å². The van der Waals surface area contributed by atoms with Crippen LogP contribution in [0.1, 0.15) is 77.0 Å². The van der Waals surface area contributed by atoms with E-state index in [0.717, 1.165) is 6.42 Å². The van der Waals surface area contributed by atoms with Gasteiger partial charge in [0.05, 0.1) is 6.42 Å². The van der Waals surface area contributed by atoms with E-state index in [1.54, 1.807) is 4.90 Å². The van der Waals surface area contributed by atoms with Crippen molar-refractivity contribution in [1.29, 1.82) is 0 Å². The van der Waals surface area contributed by atoms with E-state index in [1.165, 1.54) is 64.2 Å². The number of amides is 2. The number of hydrogen-bond donors (Lipinski definition) is 0. The van der Waals surface area contributed by atoms with Gasteiger partial charge in [0, 0.05) is 11.6 Å². The van der Waals surface area contributed by atoms with E-state index in [4.69, 9.17) is 0 Å². The molecule has 0 aromatic heterocycles. The van der Waals surface area contributed by atoms with Gasteiger partial charge in [-0.1, -0.05) is 57.9 Å². The second-order valence-corrected chi connectivity index (χ2v) is 7.55. The predicted octanol–water partition coefficient (Wildman–Crippen LogP) is 4.22. The highest BCUT2D eigenvalue weighted by Crippen LogP contribution is 2.38. The van der Waals surface area contributed by atoms with Gasteiger partial charge in [-0.3, -0.25) is 14.5 Å². The zero-order chi connectivity index (χ0) is 15.5. The molecule has 0 radical (unpaired) electrons. The van der Waals surface area contributed by atoms with Crippen molar-refractivity contribution in [1.82, 2.24) is 4.90 Å². The Kier molecular flexibility index (Phi) is 5.00. The molecule has 1 atom stereocenters. The molecule has 3 rings (SSSR count). The molecule has 0 N–H and O–H groups in total. The molecule has 0 unspecified atom stereocenters. The Labute approximate surface area is 134 Å². The summed E-state index contributed by atoms with van der Waals surface area (Å²) in [6.45, 7) is 3.80. The van der Waals surface area contributed by atoms with Crippen LogP contribution in [0.5, 0.6) is 0 Å². The van der Waals surface area contributed by atoms with Crippen LogP contribution in [0.3, 0.4) is 0 Å². The summed E-state index contributed by atoms with van der Waals surface area (Å²) in [7, 11) is 0. The number of carbonyl (C=O) groups is 2. The van der Waals surface area contributed by atoms with E-state index in [-0.39, 0.29) is 24.3 Å². The summed E-state index contributed by atoms with van der Waals surface area (Å²) in [5.41, 5.74) is 0.495. The normalized spacial score (nSPS) is 26.7. The van der Waals surface area contributed by atoms with E-state index in [2.05, 4.69) is 6.58 Å². The number of hydrogen-bond acceptors (Lipinski definition) is 2. The largest absolute Gasteiger partial charge is 0.275 e. The minimum absolute atomic E-state index is 0.00128. The summed E-state index contributed by atoms with van der Waals surface area (Å²) in [6.07, 6.45) is 14.0. The summed E-state index contributed by atoms with van der Waals surface area (Å²) in [4.78, 5) is 26.4. The van der Waals surface area contributed by atoms with Crippen molar-refractivity contribution in [3.8, 4) is 0 Å². The van der Waals surface area contributed by atoms with Crippen LogP contribution in [-0.2, 0) is 9.59 Å². The minimum atomic E-state index is -0.0867. The lowest BCUT2D eigenvalue weighted by atomic mass is 9.76. The summed E-state index contributed by atoms with van der Waals surface area (Å²) in [6, 6.07) is 0.141. The summed E-state index contributed by atoms with van der Waals surface area (Å²) in [5, 5.41) is 0. The van der Waals surface area contributed by atoms with E-state index in [1.807, 2.05) is 0 Å². The number of nitrogens with zero attached hydrogens (tertiary/aromatic N) is 1. The van der Waals surface area contributed by atoms with E-state index in [0.29, 0.717) is 17.4 Å². The Bertz CT molecular complexity index is 444. The molecule has 1 aliphatic heterocycles. The third-order valence-corrected chi connectivity index (χ3v) is 5.98. The van der Waals surface area contributed by atoms with Crippen molar-refractivity contribution in [3.05, 3.63) is 12.2 Å². The molecule has 1 saturated heterocycles. The Hall–Kier alpha value is -1.12. The summed E-state index contributed by atoms with van der Waals surface area (Å²) >= 11 is 0. The highest BCUT2D eigenvalue weighted by atomic mass is 16.2. The van der Waals surface area contributed by atoms with Gasteiger partial charge < -0.3 is 0 Å². The molecule has 22 heavy (non-hydrogen) atoms. The minimum Gasteiger partial charge on any atom is -0.275 e. The molecule has 3 heteroatoms. The second kappa shape index (κ2) is 6.97. The highest BCUT2D eigenvalue weighted by molar-refractivity contribution is 6.13. The fourth-order valence-electron chi connectivity index (χ4n) is 4.75. The maximum atomic E-state index is 12.4. The van der Waals surface area contributed by atoms with Gasteiger partial charge in [-0.05, 0) is 31.1 Å². The molecule has 0 spiro atoms. The molecule has 0 aromatic rings. The quantitative estimate of drug-likeness (QED) is 0.576. The van der Waals surface area contributed by atoms with Gasteiger partial charge in [0.2, 0.25) is 5.91 Å². The van der Waals surface area contributed by atoms with Gasteiger partial charge in [-0.15, -0.1) is 0 Å². The summed E-state index contributed by atoms with van der Waals surface area (Å²) < 4.78 is 0. The van der Waals surface area contributed by atoms with Crippen molar-refractivity contribution in [2.75, 3.05) is 0 Å². The molecule has 2 saturated carbocycles. The Balaban J connectivity index is 1.76. The van der Waals surface area contributed by atoms with E-state index < -0.39 is 0 Å². The lowest BCUT2D eigenvalue weighted by Gasteiger charge is -2.38. The van der Waals surface area contributed by atoms with Gasteiger partial charge in [0.25, 0.3) is 5.91 Å². The maximum absolute atomic E-state index is 12.4. The van der Waals surface area contributed by atoms with Crippen LogP contribution >= 0.6 is 0 Å². The molecule has 1 heterocycles.